The van der Waals surface area contributed by atoms with Gasteiger partial charge in [0.2, 0.25) is 0 Å². The Labute approximate surface area is 183 Å². The molecule has 0 unspecified atom stereocenters. The van der Waals surface area contributed by atoms with E-state index in [1.54, 1.807) is 13.8 Å². The maximum absolute atomic E-state index is 11.2. The lowest BCUT2D eigenvalue weighted by atomic mass is 10.3. The van der Waals surface area contributed by atoms with Crippen LogP contribution in [0.3, 0.4) is 0 Å². The summed E-state index contributed by atoms with van der Waals surface area (Å²) in [5.74, 6) is -1.23. The Hall–Kier alpha value is -1.90. The molecule has 8 nitrogen and oxygen atoms in total. The van der Waals surface area contributed by atoms with E-state index in [0.717, 1.165) is 32.9 Å². The van der Waals surface area contributed by atoms with E-state index in [2.05, 4.69) is 37.9 Å². The molecule has 2 N–H and O–H groups in total. The molecule has 0 aliphatic heterocycles. The van der Waals surface area contributed by atoms with Crippen molar-refractivity contribution in [3.8, 4) is 0 Å². The predicted molar refractivity (Wildman–Crippen MR) is 111 cm³/mol. The van der Waals surface area contributed by atoms with Crippen molar-refractivity contribution in [3.05, 3.63) is 24.3 Å². The van der Waals surface area contributed by atoms with E-state index < -0.39 is 5.97 Å². The molecular formula is C20H41ClN4O4. The Kier molecular flexibility index (Phi) is 20.3. The van der Waals surface area contributed by atoms with Gasteiger partial charge < -0.3 is 22.3 Å². The van der Waals surface area contributed by atoms with Gasteiger partial charge in [-0.2, -0.15) is 10.9 Å². The summed E-state index contributed by atoms with van der Waals surface area (Å²) in [5.41, 5.74) is 6.82. The molecule has 9 heteroatoms. The first-order chi connectivity index (χ1) is 12.5. The fraction of sp³-hybridized carbons (Fsp3) is 0.650. The number of nitrogens with one attached hydrogen (secondary N) is 2. The third-order valence-electron chi connectivity index (χ3n) is 3.15. The molecule has 0 radical (unpaired) electrons. The van der Waals surface area contributed by atoms with Gasteiger partial charge >= 0.3 is 0 Å². The summed E-state index contributed by atoms with van der Waals surface area (Å²) < 4.78 is 1.03. The highest BCUT2D eigenvalue weighted by Gasteiger charge is 2.18. The number of quaternary nitrogens is 2. The summed E-state index contributed by atoms with van der Waals surface area (Å²) in [7, 11) is 7.85. The molecule has 0 bridgehead atoms. The Morgan fingerprint density at radius 3 is 1.10 bits per heavy atom. The normalized spacial score (nSPS) is 9.97. The Morgan fingerprint density at radius 1 is 0.759 bits per heavy atom. The number of halogens is 1. The van der Waals surface area contributed by atoms with Crippen LogP contribution in [0.15, 0.2) is 24.3 Å². The van der Waals surface area contributed by atoms with E-state index in [0.29, 0.717) is 20.3 Å². The van der Waals surface area contributed by atoms with Gasteiger partial charge in [0.25, 0.3) is 11.8 Å². The molecule has 0 saturated heterocycles. The molecule has 0 aliphatic carbocycles. The lowest BCUT2D eigenvalue weighted by molar-refractivity contribution is -0.925. The van der Waals surface area contributed by atoms with E-state index in [9.17, 15) is 9.59 Å². The zero-order valence-electron chi connectivity index (χ0n) is 19.6. The molecule has 0 aromatic rings. The smallest absolute Gasteiger partial charge is 0.290 e. The van der Waals surface area contributed by atoms with Crippen molar-refractivity contribution in [1.82, 2.24) is 10.9 Å². The van der Waals surface area contributed by atoms with E-state index in [1.807, 2.05) is 28.2 Å². The lowest BCUT2D eigenvalue weighted by Crippen LogP contribution is -3.00. The third kappa shape index (κ3) is 26.1. The summed E-state index contributed by atoms with van der Waals surface area (Å²) in [4.78, 5) is 31.3. The number of hydrogen-bond donors (Lipinski definition) is 2. The first-order valence-electron chi connectivity index (χ1n) is 9.31. The van der Waals surface area contributed by atoms with E-state index in [-0.39, 0.29) is 24.2 Å². The largest absolute Gasteiger partial charge is 1.00 e. The highest BCUT2D eigenvalue weighted by atomic mass is 35.5. The number of nitrogens with zero attached hydrogens (tertiary/aromatic N) is 2. The van der Waals surface area contributed by atoms with Gasteiger partial charge in [-0.3, -0.25) is 9.59 Å². The molecule has 0 aromatic heterocycles. The van der Waals surface area contributed by atoms with Crippen LogP contribution in [-0.2, 0) is 14.4 Å². The first-order valence-corrected chi connectivity index (χ1v) is 9.31. The number of carboxylic acids is 1. The zero-order valence-corrected chi connectivity index (χ0v) is 20.4. The van der Waals surface area contributed by atoms with Crippen molar-refractivity contribution >= 4 is 17.8 Å². The maximum Gasteiger partial charge on any atom is 0.290 e. The summed E-state index contributed by atoms with van der Waals surface area (Å²) in [6.45, 7) is 17.6. The van der Waals surface area contributed by atoms with E-state index in [4.69, 9.17) is 9.90 Å². The fourth-order valence-electron chi connectivity index (χ4n) is 1.97. The van der Waals surface area contributed by atoms with Gasteiger partial charge in [0, 0.05) is 17.1 Å². The SMILES string of the molecule is C=C(C)C(=O)N[N+](C)(C)CCC.C=C(C)C(=O)N[N+](C)(C)CCC.CC(=O)[O-].[Cl-]. The highest BCUT2D eigenvalue weighted by Crippen LogP contribution is 1.97. The molecular weight excluding hydrogens is 396 g/mol. The number of amides is 2. The number of hydrogen-bond acceptors (Lipinski definition) is 4. The summed E-state index contributed by atoms with van der Waals surface area (Å²) in [5, 5.41) is 8.89. The van der Waals surface area contributed by atoms with Crippen molar-refractivity contribution in [2.45, 2.75) is 47.5 Å². The fourth-order valence-corrected chi connectivity index (χ4v) is 1.97. The van der Waals surface area contributed by atoms with Crippen LogP contribution in [0.1, 0.15) is 47.5 Å². The second-order valence-corrected chi connectivity index (χ2v) is 7.75. The van der Waals surface area contributed by atoms with Gasteiger partial charge in [-0.25, -0.2) is 9.18 Å². The first kappa shape index (κ1) is 34.6. The molecule has 0 heterocycles. The molecule has 0 rings (SSSR count). The Balaban J connectivity index is -0.000000177. The van der Waals surface area contributed by atoms with Crippen molar-refractivity contribution in [2.75, 3.05) is 41.3 Å². The third-order valence-corrected chi connectivity index (χ3v) is 3.15. The van der Waals surface area contributed by atoms with Crippen LogP contribution < -0.4 is 28.4 Å². The monoisotopic (exact) mass is 436 g/mol. The highest BCUT2D eigenvalue weighted by molar-refractivity contribution is 5.91. The Morgan fingerprint density at radius 2 is 0.966 bits per heavy atom. The number of carboxylic acid groups (broad SMARTS) is 1. The van der Waals surface area contributed by atoms with Gasteiger partial charge in [-0.15, -0.1) is 0 Å². The number of rotatable bonds is 8. The van der Waals surface area contributed by atoms with Crippen molar-refractivity contribution in [1.29, 1.82) is 0 Å². The van der Waals surface area contributed by atoms with E-state index >= 15 is 0 Å². The molecule has 29 heavy (non-hydrogen) atoms. The van der Waals surface area contributed by atoms with Gasteiger partial charge in [-0.1, -0.05) is 27.0 Å². The van der Waals surface area contributed by atoms with Crippen LogP contribution in [0.4, 0.5) is 0 Å². The number of aliphatic carboxylic acids is 1. The van der Waals surface area contributed by atoms with Gasteiger partial charge in [0.05, 0.1) is 28.2 Å². The summed E-state index contributed by atoms with van der Waals surface area (Å²) >= 11 is 0. The van der Waals surface area contributed by atoms with Gasteiger partial charge in [0.1, 0.15) is 13.1 Å². The molecule has 0 fully saturated rings. The van der Waals surface area contributed by atoms with E-state index in [1.165, 1.54) is 0 Å². The van der Waals surface area contributed by atoms with Crippen LogP contribution in [0.25, 0.3) is 0 Å². The topological polar surface area (TPSA) is 98.3 Å². The average Bonchev–Trinajstić information content (AvgIpc) is 2.45. The van der Waals surface area contributed by atoms with Crippen LogP contribution in [0, 0.1) is 0 Å². The molecule has 0 aliphatic rings. The van der Waals surface area contributed by atoms with Gasteiger partial charge in [-0.05, 0) is 33.6 Å². The van der Waals surface area contributed by atoms with Crippen LogP contribution in [-0.4, -0.2) is 68.2 Å². The maximum atomic E-state index is 11.2. The second kappa shape index (κ2) is 17.0. The number of carbonyl (C=O) groups is 3. The van der Waals surface area contributed by atoms with Crippen LogP contribution >= 0.6 is 0 Å². The molecule has 0 saturated carbocycles. The predicted octanol–water partition coefficient (Wildman–Crippen LogP) is -2.08. The summed E-state index contributed by atoms with van der Waals surface area (Å²) in [6, 6.07) is 0. The minimum absolute atomic E-state index is 0. The second-order valence-electron chi connectivity index (χ2n) is 7.75. The minimum atomic E-state index is -1.08. The molecule has 0 spiro atoms. The zero-order chi connectivity index (χ0) is 23.1. The van der Waals surface area contributed by atoms with Crippen LogP contribution in [0.5, 0.6) is 0 Å². The Bertz CT molecular complexity index is 501. The van der Waals surface area contributed by atoms with Crippen LogP contribution in [0.2, 0.25) is 0 Å². The average molecular weight is 437 g/mol. The summed E-state index contributed by atoms with van der Waals surface area (Å²) in [6.07, 6.45) is 2.09. The van der Waals surface area contributed by atoms with Crippen molar-refractivity contribution in [3.63, 3.8) is 0 Å². The standard InChI is InChI=1S/2C9H18N2O.C2H4O2.ClH/c2*1-6-7-11(4,5)10-9(12)8(2)3;1-2(3)4;/h2*2,6-7H2,1,3-5H3;1H3,(H,3,4);1H. The molecule has 2 amide bonds. The molecule has 0 aromatic carbocycles. The molecule has 172 valence electrons. The quantitative estimate of drug-likeness (QED) is 0.259. The lowest BCUT2D eigenvalue weighted by Gasteiger charge is -2.28. The van der Waals surface area contributed by atoms with Crippen molar-refractivity contribution in [2.24, 2.45) is 0 Å². The number of carbonyl (C=O) groups excluding carboxylic acids is 3. The van der Waals surface area contributed by atoms with Crippen molar-refractivity contribution < 1.29 is 41.1 Å². The minimum Gasteiger partial charge on any atom is -1.00 e. The molecule has 0 atom stereocenters. The van der Waals surface area contributed by atoms with Gasteiger partial charge in [0.15, 0.2) is 0 Å².